The van der Waals surface area contributed by atoms with Crippen LogP contribution in [0, 0.1) is 11.8 Å². The number of alkyl halides is 2. The van der Waals surface area contributed by atoms with Gasteiger partial charge in [0, 0.05) is 12.8 Å². The van der Waals surface area contributed by atoms with Crippen LogP contribution in [0.25, 0.3) is 0 Å². The Morgan fingerprint density at radius 1 is 1.19 bits per heavy atom. The van der Waals surface area contributed by atoms with Crippen molar-refractivity contribution in [1.82, 2.24) is 0 Å². The first-order valence-corrected chi connectivity index (χ1v) is 8.96. The Kier molecular flexibility index (Phi) is 6.54. The lowest BCUT2D eigenvalue weighted by molar-refractivity contribution is -0.180. The van der Waals surface area contributed by atoms with E-state index in [2.05, 4.69) is 0 Å². The van der Waals surface area contributed by atoms with Gasteiger partial charge in [0.1, 0.15) is 0 Å². The van der Waals surface area contributed by atoms with Crippen molar-refractivity contribution in [3.63, 3.8) is 0 Å². The maximum absolute atomic E-state index is 13.7. The number of halogens is 2. The molecule has 4 atom stereocenters. The summed E-state index contributed by atoms with van der Waals surface area (Å²) in [6.07, 6.45) is -2.52. The second-order valence-electron chi connectivity index (χ2n) is 7.38. The van der Waals surface area contributed by atoms with Crippen LogP contribution in [-0.4, -0.2) is 39.7 Å². The Balaban J connectivity index is 2.12. The van der Waals surface area contributed by atoms with E-state index < -0.39 is 60.5 Å². The highest BCUT2D eigenvalue weighted by molar-refractivity contribution is 5.83. The number of aliphatic hydroxyl groups excluding tert-OH is 1. The zero-order chi connectivity index (χ0) is 20.2. The molecule has 8 heteroatoms. The molecule has 0 spiro atoms. The molecule has 6 N–H and O–H groups in total. The number of aliphatic hydroxyl groups is 2. The molecule has 2 unspecified atom stereocenters. The highest BCUT2D eigenvalue weighted by Gasteiger charge is 2.56. The molecule has 2 rings (SSSR count). The van der Waals surface area contributed by atoms with E-state index in [-0.39, 0.29) is 6.42 Å². The third-order valence-electron chi connectivity index (χ3n) is 5.40. The van der Waals surface area contributed by atoms with Crippen LogP contribution in [0.1, 0.15) is 37.7 Å². The topological polar surface area (TPSA) is 127 Å². The number of aryl methyl sites for hydroxylation is 1. The number of primary amides is 2. The lowest BCUT2D eigenvalue weighted by atomic mass is 9.65. The van der Waals surface area contributed by atoms with Gasteiger partial charge in [-0.15, -0.1) is 0 Å². The average molecular weight is 384 g/mol. The molecule has 6 nitrogen and oxygen atoms in total. The first-order chi connectivity index (χ1) is 12.5. The molecule has 0 radical (unpaired) electrons. The minimum absolute atomic E-state index is 0.228. The summed E-state index contributed by atoms with van der Waals surface area (Å²) in [5.41, 5.74) is 9.50. The van der Waals surface area contributed by atoms with Gasteiger partial charge in [0.05, 0.1) is 23.5 Å². The van der Waals surface area contributed by atoms with Gasteiger partial charge in [-0.2, -0.15) is 0 Å². The van der Waals surface area contributed by atoms with E-state index >= 15 is 0 Å². The lowest BCUT2D eigenvalue weighted by Crippen LogP contribution is -2.59. The number of hydrogen-bond acceptors (Lipinski definition) is 4. The molecule has 0 saturated heterocycles. The first-order valence-electron chi connectivity index (χ1n) is 8.96. The molecule has 1 saturated carbocycles. The van der Waals surface area contributed by atoms with Crippen molar-refractivity contribution >= 4 is 11.8 Å². The quantitative estimate of drug-likeness (QED) is 0.536. The van der Waals surface area contributed by atoms with E-state index in [1.54, 1.807) is 0 Å². The number of amides is 2. The van der Waals surface area contributed by atoms with Crippen LogP contribution in [0.5, 0.6) is 0 Å². The molecule has 1 aliphatic rings. The minimum atomic E-state index is -3.15. The second kappa shape index (κ2) is 8.31. The summed E-state index contributed by atoms with van der Waals surface area (Å²) in [6.45, 7) is 0. The summed E-state index contributed by atoms with van der Waals surface area (Å²) in [5.74, 6) is -8.17. The third kappa shape index (κ3) is 5.23. The van der Waals surface area contributed by atoms with Gasteiger partial charge in [-0.05, 0) is 31.2 Å². The molecule has 0 bridgehead atoms. The predicted molar refractivity (Wildman–Crippen MR) is 94.5 cm³/mol. The number of carbonyl (C=O) groups excluding carboxylic acids is 2. The largest absolute Gasteiger partial charge is 0.393 e. The fourth-order valence-electron chi connectivity index (χ4n) is 3.83. The molecule has 0 heterocycles. The smallest absolute Gasteiger partial charge is 0.249 e. The third-order valence-corrected chi connectivity index (χ3v) is 5.40. The predicted octanol–water partition coefficient (Wildman–Crippen LogP) is 1.12. The summed E-state index contributed by atoms with van der Waals surface area (Å²) in [6, 6.07) is 9.35. The van der Waals surface area contributed by atoms with Crippen LogP contribution in [-0.2, 0) is 16.0 Å². The summed E-state index contributed by atoms with van der Waals surface area (Å²) < 4.78 is 27.4. The van der Waals surface area contributed by atoms with Crippen molar-refractivity contribution in [1.29, 1.82) is 0 Å². The zero-order valence-electron chi connectivity index (χ0n) is 15.0. The number of benzene rings is 1. The Bertz CT molecular complexity index is 671. The Hall–Kier alpha value is -2.06. The maximum atomic E-state index is 13.7. The van der Waals surface area contributed by atoms with Crippen molar-refractivity contribution in [3.05, 3.63) is 35.9 Å². The highest BCUT2D eigenvalue weighted by atomic mass is 19.3. The second-order valence-corrected chi connectivity index (χ2v) is 7.38. The van der Waals surface area contributed by atoms with Gasteiger partial charge in [0.25, 0.3) is 0 Å². The molecular formula is C19H26F2N2O4. The van der Waals surface area contributed by atoms with Gasteiger partial charge < -0.3 is 21.7 Å². The molecule has 1 aromatic carbocycles. The van der Waals surface area contributed by atoms with E-state index in [0.717, 1.165) is 5.56 Å². The molecule has 0 aromatic heterocycles. The summed E-state index contributed by atoms with van der Waals surface area (Å²) >= 11 is 0. The number of carbonyl (C=O) groups is 2. The summed E-state index contributed by atoms with van der Waals surface area (Å²) in [7, 11) is 0. The van der Waals surface area contributed by atoms with Gasteiger partial charge in [0.2, 0.25) is 17.7 Å². The minimum Gasteiger partial charge on any atom is -0.393 e. The lowest BCUT2D eigenvalue weighted by Gasteiger charge is -2.45. The van der Waals surface area contributed by atoms with Crippen molar-refractivity contribution in [2.45, 2.75) is 56.2 Å². The standard InChI is InChI=1S/C19H26F2N2O4/c20-18(21)8-9-19(27,15(11-18)17(23)26)14(16(22)25)10-13(24)7-6-12-4-2-1-3-5-12/h1-5,13-15,24,27H,6-11H2,(H2,22,25)(H2,23,26)/t13?,14-,15?,19+/m1/s1. The van der Waals surface area contributed by atoms with E-state index in [0.29, 0.717) is 12.8 Å². The molecule has 1 fully saturated rings. The molecular weight excluding hydrogens is 358 g/mol. The maximum Gasteiger partial charge on any atom is 0.249 e. The molecule has 2 amide bonds. The van der Waals surface area contributed by atoms with Gasteiger partial charge >= 0.3 is 0 Å². The molecule has 150 valence electrons. The molecule has 1 aliphatic carbocycles. The van der Waals surface area contributed by atoms with E-state index in [1.165, 1.54) is 0 Å². The van der Waals surface area contributed by atoms with E-state index in [1.807, 2.05) is 30.3 Å². The van der Waals surface area contributed by atoms with Crippen molar-refractivity contribution < 1.29 is 28.6 Å². The van der Waals surface area contributed by atoms with Crippen molar-refractivity contribution in [2.24, 2.45) is 23.3 Å². The zero-order valence-corrected chi connectivity index (χ0v) is 15.0. The van der Waals surface area contributed by atoms with Gasteiger partial charge in [-0.3, -0.25) is 9.59 Å². The van der Waals surface area contributed by atoms with Gasteiger partial charge in [0.15, 0.2) is 0 Å². The molecule has 0 aliphatic heterocycles. The highest BCUT2D eigenvalue weighted by Crippen LogP contribution is 2.47. The van der Waals surface area contributed by atoms with Crippen LogP contribution >= 0.6 is 0 Å². The van der Waals surface area contributed by atoms with E-state index in [4.69, 9.17) is 11.5 Å². The van der Waals surface area contributed by atoms with Crippen molar-refractivity contribution in [3.8, 4) is 0 Å². The normalized spacial score (nSPS) is 26.9. The Morgan fingerprint density at radius 3 is 2.37 bits per heavy atom. The number of rotatable bonds is 8. The average Bonchev–Trinajstić information content (AvgIpc) is 2.60. The first kappa shape index (κ1) is 21.2. The van der Waals surface area contributed by atoms with Crippen LogP contribution in [0.4, 0.5) is 8.78 Å². The molecule has 1 aromatic rings. The fourth-order valence-corrected chi connectivity index (χ4v) is 3.83. The van der Waals surface area contributed by atoms with Crippen LogP contribution in [0.15, 0.2) is 30.3 Å². The van der Waals surface area contributed by atoms with Gasteiger partial charge in [-0.1, -0.05) is 30.3 Å². The molecule has 27 heavy (non-hydrogen) atoms. The van der Waals surface area contributed by atoms with Crippen LogP contribution in [0.2, 0.25) is 0 Å². The van der Waals surface area contributed by atoms with Crippen LogP contribution < -0.4 is 11.5 Å². The number of hydrogen-bond donors (Lipinski definition) is 4. The Morgan fingerprint density at radius 2 is 1.81 bits per heavy atom. The van der Waals surface area contributed by atoms with Crippen LogP contribution in [0.3, 0.4) is 0 Å². The SMILES string of the molecule is NC(=O)C1CC(F)(F)CC[C@]1(O)[C@H](CC(O)CCc1ccccc1)C(N)=O. The monoisotopic (exact) mass is 384 g/mol. The summed E-state index contributed by atoms with van der Waals surface area (Å²) in [5, 5.41) is 21.3. The summed E-state index contributed by atoms with van der Waals surface area (Å²) in [4.78, 5) is 23.7. The van der Waals surface area contributed by atoms with Crippen molar-refractivity contribution in [2.75, 3.05) is 0 Å². The van der Waals surface area contributed by atoms with E-state index in [9.17, 15) is 28.6 Å². The Labute approximate surface area is 156 Å². The number of nitrogens with two attached hydrogens (primary N) is 2. The fraction of sp³-hybridized carbons (Fsp3) is 0.579. The van der Waals surface area contributed by atoms with Gasteiger partial charge in [-0.25, -0.2) is 8.78 Å².